The van der Waals surface area contributed by atoms with Crippen LogP contribution in [-0.4, -0.2) is 33.0 Å². The molecule has 34 heavy (non-hydrogen) atoms. The fourth-order valence-corrected chi connectivity index (χ4v) is 4.55. The molecule has 2 aromatic rings. The molecule has 0 amide bonds. The number of hydrogen-bond donors (Lipinski definition) is 0. The fourth-order valence-electron chi connectivity index (χ4n) is 3.50. The minimum Gasteiger partial charge on any atom is -1.00 e. The van der Waals surface area contributed by atoms with Crippen molar-refractivity contribution in [2.24, 2.45) is 0 Å². The van der Waals surface area contributed by atoms with Gasteiger partial charge in [-0.15, -0.1) is 0 Å². The number of carbonyl (C=O) groups excluding carboxylic acids is 1. The summed E-state index contributed by atoms with van der Waals surface area (Å²) in [4.78, 5) is 13.3. The molecular formula is C27H40LiO5P. The predicted molar refractivity (Wildman–Crippen MR) is 139 cm³/mol. The van der Waals surface area contributed by atoms with Gasteiger partial charge in [-0.1, -0.05) is 58.4 Å². The van der Waals surface area contributed by atoms with E-state index in [2.05, 4.69) is 13.8 Å². The Morgan fingerprint density at radius 3 is 1.94 bits per heavy atom. The van der Waals surface area contributed by atoms with E-state index in [1.807, 2.05) is 24.3 Å². The van der Waals surface area contributed by atoms with Crippen LogP contribution in [-0.2, 0) is 0 Å². The number of hydrogen-bond acceptors (Lipinski definition) is 5. The number of unbranched alkanes of at least 4 members (excludes halogenated alkanes) is 6. The van der Waals surface area contributed by atoms with Crippen molar-refractivity contribution in [2.75, 3.05) is 27.4 Å². The van der Waals surface area contributed by atoms with Crippen LogP contribution in [0.5, 0.6) is 23.0 Å². The average molecular weight is 483 g/mol. The quantitative estimate of drug-likeness (QED) is 0.195. The van der Waals surface area contributed by atoms with Gasteiger partial charge in [0, 0.05) is 11.4 Å². The number of carbonyl (C=O) groups is 1. The third-order valence-electron chi connectivity index (χ3n) is 5.38. The van der Waals surface area contributed by atoms with Crippen LogP contribution in [0.25, 0.3) is 0 Å². The van der Waals surface area contributed by atoms with Gasteiger partial charge in [0.15, 0.2) is 5.52 Å². The van der Waals surface area contributed by atoms with Gasteiger partial charge in [-0.25, -0.2) is 0 Å². The topological polar surface area (TPSA) is 54.0 Å². The Kier molecular flexibility index (Phi) is 15.8. The molecular weight excluding hydrogens is 442 g/mol. The Hall–Kier alpha value is -1.66. The van der Waals surface area contributed by atoms with E-state index in [9.17, 15) is 4.79 Å². The molecule has 0 aliphatic rings. The fraction of sp³-hybridized carbons (Fsp3) is 0.519. The zero-order chi connectivity index (χ0) is 23.9. The van der Waals surface area contributed by atoms with Crippen LogP contribution in [0.4, 0.5) is 0 Å². The number of methoxy groups -OCH3 is 2. The van der Waals surface area contributed by atoms with E-state index in [1.165, 1.54) is 32.1 Å². The molecule has 0 saturated heterocycles. The average Bonchev–Trinajstić information content (AvgIpc) is 2.84. The zero-order valence-corrected chi connectivity index (χ0v) is 22.6. The second-order valence-corrected chi connectivity index (χ2v) is 9.21. The number of rotatable bonds is 17. The van der Waals surface area contributed by atoms with Gasteiger partial charge in [-0.05, 0) is 45.7 Å². The Bertz CT molecular complexity index is 843. The molecule has 0 aromatic heterocycles. The first-order valence-corrected chi connectivity index (χ1v) is 13.1. The van der Waals surface area contributed by atoms with E-state index < -0.39 is 0 Å². The summed E-state index contributed by atoms with van der Waals surface area (Å²) >= 11 is 0. The van der Waals surface area contributed by atoms with E-state index >= 15 is 0 Å². The van der Waals surface area contributed by atoms with Crippen LogP contribution in [0.15, 0.2) is 36.4 Å². The molecule has 0 saturated carbocycles. The Balaban J connectivity index is 0.00000578. The molecule has 184 valence electrons. The third kappa shape index (κ3) is 9.91. The molecule has 5 nitrogen and oxygen atoms in total. The second-order valence-electron chi connectivity index (χ2n) is 7.97. The van der Waals surface area contributed by atoms with Crippen LogP contribution in [0.3, 0.4) is 0 Å². The molecule has 0 fully saturated rings. The van der Waals surface area contributed by atoms with Crippen molar-refractivity contribution in [3.05, 3.63) is 42.0 Å². The molecule has 0 spiro atoms. The van der Waals surface area contributed by atoms with Crippen molar-refractivity contribution in [3.63, 3.8) is 0 Å². The van der Waals surface area contributed by atoms with Gasteiger partial charge in [0.05, 0.1) is 27.4 Å². The minimum absolute atomic E-state index is 0. The van der Waals surface area contributed by atoms with E-state index in [0.29, 0.717) is 30.3 Å². The van der Waals surface area contributed by atoms with Crippen molar-refractivity contribution in [3.8, 4) is 23.0 Å². The summed E-state index contributed by atoms with van der Waals surface area (Å²) in [7, 11) is 3.01. The normalized spacial score (nSPS) is 10.7. The molecule has 0 bridgehead atoms. The minimum atomic E-state index is -0.115. The first-order chi connectivity index (χ1) is 16.1. The van der Waals surface area contributed by atoms with Crippen LogP contribution in [0.1, 0.15) is 77.0 Å². The van der Waals surface area contributed by atoms with Crippen LogP contribution < -0.4 is 43.1 Å². The summed E-state index contributed by atoms with van der Waals surface area (Å²) in [6, 6.07) is 11.2. The largest absolute Gasteiger partial charge is 1.00 e. The maximum atomic E-state index is 13.3. The van der Waals surface area contributed by atoms with E-state index in [-0.39, 0.29) is 34.4 Å². The molecule has 0 aliphatic heterocycles. The Morgan fingerprint density at radius 1 is 0.794 bits per heavy atom. The van der Waals surface area contributed by atoms with Crippen molar-refractivity contribution >= 4 is 19.4 Å². The molecule has 2 rings (SSSR count). The van der Waals surface area contributed by atoms with Crippen molar-refractivity contribution in [1.29, 1.82) is 0 Å². The first kappa shape index (κ1) is 30.4. The van der Waals surface area contributed by atoms with Crippen molar-refractivity contribution in [1.82, 2.24) is 0 Å². The van der Waals surface area contributed by atoms with Gasteiger partial charge in [-0.2, -0.15) is 0 Å². The predicted octanol–water partition coefficient (Wildman–Crippen LogP) is 3.88. The molecule has 7 heteroatoms. The van der Waals surface area contributed by atoms with Gasteiger partial charge in [0.25, 0.3) is 0 Å². The second kappa shape index (κ2) is 17.7. The summed E-state index contributed by atoms with van der Waals surface area (Å²) in [5.41, 5.74) is 0.416. The first-order valence-electron chi connectivity index (χ1n) is 12.1. The third-order valence-corrected chi connectivity index (χ3v) is 6.54. The van der Waals surface area contributed by atoms with Crippen molar-refractivity contribution < 1.29 is 44.0 Å². The SMILES string of the molecule is CCCCCCOc1ccc(PC(=O)c2c(OC)cccc2OC)c(OCCCCCC)c1.[H-].[Li+]. The van der Waals surface area contributed by atoms with Gasteiger partial charge >= 0.3 is 18.9 Å². The number of ether oxygens (including phenoxy) is 4. The van der Waals surface area contributed by atoms with Gasteiger partial charge in [-0.3, -0.25) is 4.79 Å². The van der Waals surface area contributed by atoms with E-state index in [1.54, 1.807) is 26.4 Å². The smallest absolute Gasteiger partial charge is 1.00 e. The van der Waals surface area contributed by atoms with Crippen molar-refractivity contribution in [2.45, 2.75) is 65.2 Å². The molecule has 0 aliphatic carbocycles. The standard InChI is InChI=1S/C27H39O5P.Li.H/c1-5-7-9-11-18-31-21-16-17-25(24(20-21)32-19-12-10-8-6-2)33-27(28)26-22(29-3)14-13-15-23(26)30-4;;/h13-17,20,33H,5-12,18-19H2,1-4H3;;/q;+1;-1. The maximum absolute atomic E-state index is 13.3. The summed E-state index contributed by atoms with van der Waals surface area (Å²) in [6.07, 6.45) is 9.16. The Labute approximate surface area is 220 Å². The molecule has 0 N–H and O–H groups in total. The van der Waals surface area contributed by atoms with E-state index in [0.717, 1.165) is 36.1 Å². The van der Waals surface area contributed by atoms with Gasteiger partial charge < -0.3 is 20.4 Å². The summed E-state index contributed by atoms with van der Waals surface area (Å²) in [6.45, 7) is 5.71. The monoisotopic (exact) mass is 482 g/mol. The summed E-state index contributed by atoms with van der Waals surface area (Å²) in [5.74, 6) is 2.53. The van der Waals surface area contributed by atoms with Crippen LogP contribution >= 0.6 is 8.58 Å². The van der Waals surface area contributed by atoms with E-state index in [4.69, 9.17) is 18.9 Å². The van der Waals surface area contributed by atoms with Gasteiger partial charge in [0.2, 0.25) is 0 Å². The van der Waals surface area contributed by atoms with Crippen LogP contribution in [0, 0.1) is 0 Å². The molecule has 0 radical (unpaired) electrons. The molecule has 0 heterocycles. The molecule has 1 atom stereocenters. The van der Waals surface area contributed by atoms with Crippen LogP contribution in [0.2, 0.25) is 0 Å². The molecule has 2 aromatic carbocycles. The number of benzene rings is 2. The molecule has 1 unspecified atom stereocenters. The summed E-state index contributed by atoms with van der Waals surface area (Å²) < 4.78 is 22.9. The Morgan fingerprint density at radius 2 is 1.38 bits per heavy atom. The zero-order valence-electron chi connectivity index (χ0n) is 22.6. The summed E-state index contributed by atoms with van der Waals surface area (Å²) in [5, 5.41) is 0.863. The maximum Gasteiger partial charge on any atom is 1.00 e. The van der Waals surface area contributed by atoms with Gasteiger partial charge in [0.1, 0.15) is 28.6 Å².